The minimum absolute atomic E-state index is 0.136. The Hall–Kier alpha value is -1.46. The van der Waals surface area contributed by atoms with E-state index in [0.29, 0.717) is 4.47 Å². The zero-order valence-electron chi connectivity index (χ0n) is 9.38. The van der Waals surface area contributed by atoms with Gasteiger partial charge in [0.1, 0.15) is 11.6 Å². The maximum absolute atomic E-state index is 13.6. The van der Waals surface area contributed by atoms with E-state index >= 15 is 0 Å². The molecule has 1 amide bonds. The first-order chi connectivity index (χ1) is 8.95. The molecule has 0 saturated heterocycles. The molecule has 0 radical (unpaired) electrons. The van der Waals surface area contributed by atoms with E-state index in [0.717, 1.165) is 12.1 Å². The molecule has 0 aliphatic heterocycles. The van der Waals surface area contributed by atoms with E-state index in [1.165, 1.54) is 24.3 Å². The summed E-state index contributed by atoms with van der Waals surface area (Å²) in [4.78, 5) is 11.8. The summed E-state index contributed by atoms with van der Waals surface area (Å²) in [7, 11) is 0. The van der Waals surface area contributed by atoms with Gasteiger partial charge in [-0.05, 0) is 36.4 Å². The lowest BCUT2D eigenvalue weighted by Gasteiger charge is -2.07. The third-order valence-corrected chi connectivity index (χ3v) is 3.01. The van der Waals surface area contributed by atoms with Gasteiger partial charge in [0.05, 0.1) is 5.56 Å². The van der Waals surface area contributed by atoms with E-state index < -0.39 is 17.5 Å². The number of hydrogen-bond donors (Lipinski definition) is 1. The molecule has 0 unspecified atom stereocenters. The zero-order valence-corrected chi connectivity index (χ0v) is 11.7. The average Bonchev–Trinajstić information content (AvgIpc) is 2.26. The van der Waals surface area contributed by atoms with Gasteiger partial charge in [0, 0.05) is 15.2 Å². The molecule has 0 heterocycles. The highest BCUT2D eigenvalue weighted by Crippen LogP contribution is 2.20. The second-order valence-electron chi connectivity index (χ2n) is 3.74. The molecule has 0 spiro atoms. The van der Waals surface area contributed by atoms with Crippen LogP contribution in [-0.2, 0) is 0 Å². The molecule has 2 nitrogen and oxygen atoms in total. The van der Waals surface area contributed by atoms with E-state index in [4.69, 9.17) is 11.6 Å². The van der Waals surface area contributed by atoms with Crippen molar-refractivity contribution in [2.24, 2.45) is 0 Å². The number of amides is 1. The number of rotatable bonds is 2. The number of anilines is 1. The molecule has 1 N–H and O–H groups in total. The number of hydrogen-bond acceptors (Lipinski definition) is 1. The van der Waals surface area contributed by atoms with Crippen LogP contribution in [0.25, 0.3) is 0 Å². The third-order valence-electron chi connectivity index (χ3n) is 2.30. The molecule has 0 saturated carbocycles. The minimum atomic E-state index is -0.674. The first-order valence-electron chi connectivity index (χ1n) is 5.18. The standard InChI is InChI=1S/C13H7BrClF2NO/c14-7-1-2-11(12(17)3-7)13(19)18-10-5-8(15)4-9(16)6-10/h1-6H,(H,18,19). The van der Waals surface area contributed by atoms with Gasteiger partial charge in [-0.25, -0.2) is 8.78 Å². The number of benzene rings is 2. The lowest BCUT2D eigenvalue weighted by Crippen LogP contribution is -2.13. The summed E-state index contributed by atoms with van der Waals surface area (Å²) in [6.07, 6.45) is 0. The van der Waals surface area contributed by atoms with Crippen LogP contribution in [0.3, 0.4) is 0 Å². The third kappa shape index (κ3) is 3.52. The highest BCUT2D eigenvalue weighted by Gasteiger charge is 2.12. The van der Waals surface area contributed by atoms with Gasteiger partial charge in [-0.2, -0.15) is 0 Å². The normalized spacial score (nSPS) is 10.3. The van der Waals surface area contributed by atoms with Crippen molar-refractivity contribution in [3.05, 3.63) is 63.1 Å². The largest absolute Gasteiger partial charge is 0.322 e. The van der Waals surface area contributed by atoms with Gasteiger partial charge in [0.25, 0.3) is 5.91 Å². The maximum Gasteiger partial charge on any atom is 0.258 e. The first kappa shape index (κ1) is 14.0. The van der Waals surface area contributed by atoms with Gasteiger partial charge in [-0.3, -0.25) is 4.79 Å². The maximum atomic E-state index is 13.6. The van der Waals surface area contributed by atoms with Crippen molar-refractivity contribution >= 4 is 39.1 Å². The van der Waals surface area contributed by atoms with E-state index in [1.54, 1.807) is 0 Å². The monoisotopic (exact) mass is 345 g/mol. The summed E-state index contributed by atoms with van der Waals surface area (Å²) in [6, 6.07) is 7.62. The quantitative estimate of drug-likeness (QED) is 0.844. The van der Waals surface area contributed by atoms with Crippen LogP contribution < -0.4 is 5.32 Å². The summed E-state index contributed by atoms with van der Waals surface area (Å²) < 4.78 is 27.2. The molecule has 0 fully saturated rings. The van der Waals surface area contributed by atoms with Crippen LogP contribution >= 0.6 is 27.5 Å². The zero-order chi connectivity index (χ0) is 14.0. The van der Waals surface area contributed by atoms with Crippen molar-refractivity contribution in [2.75, 3.05) is 5.32 Å². The minimum Gasteiger partial charge on any atom is -0.322 e. The highest BCUT2D eigenvalue weighted by atomic mass is 79.9. The average molecular weight is 347 g/mol. The molecule has 0 aliphatic carbocycles. The molecule has 6 heteroatoms. The molecule has 0 aliphatic rings. The predicted molar refractivity (Wildman–Crippen MR) is 73.5 cm³/mol. The van der Waals surface area contributed by atoms with Crippen molar-refractivity contribution in [2.45, 2.75) is 0 Å². The van der Waals surface area contributed by atoms with Gasteiger partial charge < -0.3 is 5.32 Å². The molecule has 0 atom stereocenters. The Morgan fingerprint density at radius 2 is 1.89 bits per heavy atom. The molecular formula is C13H7BrClF2NO. The van der Waals surface area contributed by atoms with Crippen molar-refractivity contribution in [1.29, 1.82) is 0 Å². The van der Waals surface area contributed by atoms with Crippen LogP contribution in [0.4, 0.5) is 14.5 Å². The Bertz CT molecular complexity index is 628. The van der Waals surface area contributed by atoms with Gasteiger partial charge in [0.15, 0.2) is 0 Å². The summed E-state index contributed by atoms with van der Waals surface area (Å²) in [5.41, 5.74) is 0.0286. The van der Waals surface area contributed by atoms with Crippen LogP contribution in [-0.4, -0.2) is 5.91 Å². The van der Waals surface area contributed by atoms with Gasteiger partial charge in [-0.1, -0.05) is 27.5 Å². The summed E-state index contributed by atoms with van der Waals surface area (Å²) in [6.45, 7) is 0. The number of halogens is 4. The molecule has 0 aromatic heterocycles. The van der Waals surface area contributed by atoms with Gasteiger partial charge >= 0.3 is 0 Å². The Morgan fingerprint density at radius 3 is 2.53 bits per heavy atom. The van der Waals surface area contributed by atoms with Crippen molar-refractivity contribution in [3.8, 4) is 0 Å². The molecule has 2 rings (SSSR count). The van der Waals surface area contributed by atoms with Gasteiger partial charge in [0.2, 0.25) is 0 Å². The Kier molecular flexibility index (Phi) is 4.17. The topological polar surface area (TPSA) is 29.1 Å². The summed E-state index contributed by atoms with van der Waals surface area (Å²) in [5, 5.41) is 2.53. The lowest BCUT2D eigenvalue weighted by molar-refractivity contribution is 0.102. The van der Waals surface area contributed by atoms with E-state index in [2.05, 4.69) is 21.2 Å². The lowest BCUT2D eigenvalue weighted by atomic mass is 10.2. The van der Waals surface area contributed by atoms with Crippen LogP contribution in [0.5, 0.6) is 0 Å². The van der Waals surface area contributed by atoms with Crippen molar-refractivity contribution < 1.29 is 13.6 Å². The highest BCUT2D eigenvalue weighted by molar-refractivity contribution is 9.10. The SMILES string of the molecule is O=C(Nc1cc(F)cc(Cl)c1)c1ccc(Br)cc1F. The number of carbonyl (C=O) groups is 1. The second-order valence-corrected chi connectivity index (χ2v) is 5.09. The Labute approximate surface area is 121 Å². The van der Waals surface area contributed by atoms with Crippen LogP contribution in [0.2, 0.25) is 5.02 Å². The van der Waals surface area contributed by atoms with Crippen molar-refractivity contribution in [1.82, 2.24) is 0 Å². The molecular weight excluding hydrogens is 340 g/mol. The molecule has 98 valence electrons. The van der Waals surface area contributed by atoms with E-state index in [9.17, 15) is 13.6 Å². The Morgan fingerprint density at radius 1 is 1.16 bits per heavy atom. The number of nitrogens with one attached hydrogen (secondary N) is 1. The molecule has 19 heavy (non-hydrogen) atoms. The van der Waals surface area contributed by atoms with Crippen LogP contribution in [0.1, 0.15) is 10.4 Å². The van der Waals surface area contributed by atoms with Crippen molar-refractivity contribution in [3.63, 3.8) is 0 Å². The van der Waals surface area contributed by atoms with Crippen LogP contribution in [0, 0.1) is 11.6 Å². The first-order valence-corrected chi connectivity index (χ1v) is 6.35. The fourth-order valence-corrected chi connectivity index (χ4v) is 2.05. The van der Waals surface area contributed by atoms with Gasteiger partial charge in [-0.15, -0.1) is 0 Å². The fraction of sp³-hybridized carbons (Fsp3) is 0. The predicted octanol–water partition coefficient (Wildman–Crippen LogP) is 4.63. The van der Waals surface area contributed by atoms with E-state index in [-0.39, 0.29) is 16.3 Å². The summed E-state index contributed by atoms with van der Waals surface area (Å²) >= 11 is 8.75. The second kappa shape index (κ2) is 5.67. The molecule has 2 aromatic carbocycles. The summed E-state index contributed by atoms with van der Waals surface area (Å²) in [5.74, 6) is -1.93. The smallest absolute Gasteiger partial charge is 0.258 e. The fourth-order valence-electron chi connectivity index (χ4n) is 1.50. The number of carbonyl (C=O) groups excluding carboxylic acids is 1. The molecule has 2 aromatic rings. The Balaban J connectivity index is 2.25. The van der Waals surface area contributed by atoms with E-state index in [1.807, 2.05) is 0 Å². The molecule has 0 bridgehead atoms. The van der Waals surface area contributed by atoms with Crippen LogP contribution in [0.15, 0.2) is 40.9 Å².